The number of hydrogen-bond acceptors (Lipinski definition) is 0. The Bertz CT molecular complexity index is 795. The fraction of sp³-hybridized carbons (Fsp3) is 0.714. The Morgan fingerprint density at radius 2 is 1.23 bits per heavy atom. The maximum absolute atomic E-state index is 4.65. The normalized spacial score (nSPS) is 22.3. The van der Waals surface area contributed by atoms with E-state index in [0.717, 1.165) is 18.3 Å². The Kier molecular flexibility index (Phi) is 7.80. The predicted molar refractivity (Wildman–Crippen MR) is 140 cm³/mol. The SMILES string of the molecule is C=c1cc(B(C2CCCCC2)C2CCCCC2)[c]([Sn]([CH3])([CH3])[CH3])cc1=C1CCCCC1. The molecule has 30 heavy (non-hydrogen) atoms. The van der Waals surface area contributed by atoms with Gasteiger partial charge in [0.25, 0.3) is 0 Å². The molecule has 0 unspecified atom stereocenters. The van der Waals surface area contributed by atoms with Gasteiger partial charge in [0.15, 0.2) is 0 Å². The van der Waals surface area contributed by atoms with Crippen molar-refractivity contribution in [1.82, 2.24) is 0 Å². The van der Waals surface area contributed by atoms with Gasteiger partial charge in [-0.15, -0.1) is 0 Å². The van der Waals surface area contributed by atoms with E-state index >= 15 is 0 Å². The Labute approximate surface area is 191 Å². The molecule has 0 spiro atoms. The van der Waals surface area contributed by atoms with Crippen LogP contribution < -0.4 is 19.5 Å². The van der Waals surface area contributed by atoms with E-state index in [0.29, 0.717) is 0 Å². The van der Waals surface area contributed by atoms with Gasteiger partial charge < -0.3 is 0 Å². The standard InChI is InChI=1S/C25H36B.3CH3.Sn/c1-20-19-24(17-18-25(20)21-11-5-2-6-12-21)26(22-13-7-3-8-14-22)23-15-9-4-10-16-23;;;;/h18-19,22-23H,1-16H2;3*1H3;. The van der Waals surface area contributed by atoms with Crippen LogP contribution in [0.5, 0.6) is 0 Å². The van der Waals surface area contributed by atoms with Crippen molar-refractivity contribution in [2.24, 2.45) is 0 Å². The van der Waals surface area contributed by atoms with Crippen LogP contribution in [0.15, 0.2) is 12.1 Å². The van der Waals surface area contributed by atoms with Crippen LogP contribution in [0.1, 0.15) is 96.3 Å². The van der Waals surface area contributed by atoms with Gasteiger partial charge in [-0.3, -0.25) is 0 Å². The predicted octanol–water partition coefficient (Wildman–Crippen LogP) is 6.13. The second kappa shape index (κ2) is 10.2. The zero-order valence-corrected chi connectivity index (χ0v) is 23.1. The van der Waals surface area contributed by atoms with Crippen molar-refractivity contribution in [1.29, 1.82) is 0 Å². The first-order valence-electron chi connectivity index (χ1n) is 13.3. The summed E-state index contributed by atoms with van der Waals surface area (Å²) in [4.78, 5) is 7.97. The molecule has 0 aliphatic heterocycles. The molecule has 0 radical (unpaired) electrons. The second-order valence-corrected chi connectivity index (χ2v) is 26.2. The monoisotopic (exact) mass is 512 g/mol. The fourth-order valence-electron chi connectivity index (χ4n) is 7.05. The van der Waals surface area contributed by atoms with Crippen LogP contribution in [0.2, 0.25) is 26.5 Å². The minimum absolute atomic E-state index is 0.822. The van der Waals surface area contributed by atoms with Gasteiger partial charge in [0, 0.05) is 0 Å². The average molecular weight is 511 g/mol. The molecule has 3 aliphatic carbocycles. The van der Waals surface area contributed by atoms with Crippen LogP contribution in [0.3, 0.4) is 0 Å². The van der Waals surface area contributed by atoms with Crippen LogP contribution >= 0.6 is 0 Å². The summed E-state index contributed by atoms with van der Waals surface area (Å²) in [5, 5.41) is 2.92. The quantitative estimate of drug-likeness (QED) is 0.427. The molecule has 3 aliphatic rings. The summed E-state index contributed by atoms with van der Waals surface area (Å²) < 4.78 is 1.85. The average Bonchev–Trinajstić information content (AvgIpc) is 2.75. The summed E-state index contributed by atoms with van der Waals surface area (Å²) in [6.45, 7) is 5.48. The third-order valence-electron chi connectivity index (χ3n) is 8.60. The van der Waals surface area contributed by atoms with Gasteiger partial charge >= 0.3 is 192 Å². The molecule has 1 aromatic carbocycles. The van der Waals surface area contributed by atoms with Gasteiger partial charge in [-0.25, -0.2) is 0 Å². The van der Waals surface area contributed by atoms with Crippen LogP contribution in [0, 0.1) is 0 Å². The summed E-state index contributed by atoms with van der Waals surface area (Å²) in [5.41, 5.74) is 3.52. The van der Waals surface area contributed by atoms with Crippen molar-refractivity contribution in [2.75, 3.05) is 0 Å². The zero-order chi connectivity index (χ0) is 21.1. The number of hydrogen-bond donors (Lipinski definition) is 0. The number of benzene rings is 1. The van der Waals surface area contributed by atoms with E-state index in [4.69, 9.17) is 0 Å². The summed E-state index contributed by atoms with van der Waals surface area (Å²) in [6.07, 6.45) is 21.5. The van der Waals surface area contributed by atoms with Gasteiger partial charge in [-0.05, 0) is 0 Å². The van der Waals surface area contributed by atoms with Crippen molar-refractivity contribution in [3.63, 3.8) is 0 Å². The van der Waals surface area contributed by atoms with E-state index in [1.807, 2.05) is 3.58 Å². The molecule has 1 aromatic rings. The maximum atomic E-state index is 4.65. The third kappa shape index (κ3) is 5.24. The first kappa shape index (κ1) is 23.0. The van der Waals surface area contributed by atoms with Crippen molar-refractivity contribution in [3.8, 4) is 0 Å². The van der Waals surface area contributed by atoms with Gasteiger partial charge in [0.05, 0.1) is 0 Å². The van der Waals surface area contributed by atoms with E-state index in [1.165, 1.54) is 102 Å². The van der Waals surface area contributed by atoms with Crippen LogP contribution in [-0.4, -0.2) is 25.1 Å². The molecule has 0 nitrogen and oxygen atoms in total. The summed E-state index contributed by atoms with van der Waals surface area (Å²) >= 11 is -2.26. The van der Waals surface area contributed by atoms with E-state index < -0.39 is 18.4 Å². The Hall–Kier alpha value is -0.176. The van der Waals surface area contributed by atoms with Crippen LogP contribution in [0.4, 0.5) is 0 Å². The van der Waals surface area contributed by atoms with Gasteiger partial charge in [-0.1, -0.05) is 0 Å². The molecular formula is C28H45BSn. The molecule has 3 saturated carbocycles. The Morgan fingerprint density at radius 1 is 0.733 bits per heavy atom. The first-order chi connectivity index (χ1) is 14.4. The molecule has 0 atom stereocenters. The Morgan fingerprint density at radius 3 is 1.73 bits per heavy atom. The molecule has 0 N–H and O–H groups in total. The fourth-order valence-corrected chi connectivity index (χ4v) is 11.8. The van der Waals surface area contributed by atoms with Gasteiger partial charge in [-0.2, -0.15) is 0 Å². The Balaban J connectivity index is 1.84. The molecule has 0 heterocycles. The van der Waals surface area contributed by atoms with Crippen molar-refractivity contribution < 1.29 is 0 Å². The molecule has 0 amide bonds. The molecular weight excluding hydrogens is 466 g/mol. The first-order valence-corrected chi connectivity index (χ1v) is 23.3. The second-order valence-electron chi connectivity index (χ2n) is 11.8. The molecule has 0 bridgehead atoms. The van der Waals surface area contributed by atoms with E-state index in [1.54, 1.807) is 16.3 Å². The molecule has 0 saturated heterocycles. The topological polar surface area (TPSA) is 0 Å². The van der Waals surface area contributed by atoms with Gasteiger partial charge in [0.2, 0.25) is 0 Å². The summed E-state index contributed by atoms with van der Waals surface area (Å²) in [5.74, 6) is 1.86. The minimum atomic E-state index is -2.26. The van der Waals surface area contributed by atoms with E-state index in [9.17, 15) is 0 Å². The van der Waals surface area contributed by atoms with Crippen molar-refractivity contribution in [3.05, 3.63) is 22.6 Å². The van der Waals surface area contributed by atoms with E-state index in [2.05, 4.69) is 33.5 Å². The molecule has 4 rings (SSSR count). The van der Waals surface area contributed by atoms with E-state index in [-0.39, 0.29) is 0 Å². The molecule has 2 heteroatoms. The summed E-state index contributed by atoms with van der Waals surface area (Å²) in [6, 6.07) is 5.36. The molecule has 3 fully saturated rings. The molecule has 164 valence electrons. The number of rotatable bonds is 4. The summed E-state index contributed by atoms with van der Waals surface area (Å²) in [7, 11) is 0. The third-order valence-corrected chi connectivity index (χ3v) is 14.4. The van der Waals surface area contributed by atoms with Crippen LogP contribution in [0.25, 0.3) is 12.2 Å². The van der Waals surface area contributed by atoms with Crippen molar-refractivity contribution >= 4 is 46.3 Å². The van der Waals surface area contributed by atoms with Crippen LogP contribution in [-0.2, 0) is 0 Å². The zero-order valence-electron chi connectivity index (χ0n) is 20.2. The van der Waals surface area contributed by atoms with Crippen molar-refractivity contribution in [2.45, 2.75) is 123 Å². The van der Waals surface area contributed by atoms with Gasteiger partial charge in [0.1, 0.15) is 0 Å². The molecule has 0 aromatic heterocycles.